The summed E-state index contributed by atoms with van der Waals surface area (Å²) in [6, 6.07) is 10.5. The van der Waals surface area contributed by atoms with Crippen molar-refractivity contribution in [2.45, 2.75) is 75.5 Å². The van der Waals surface area contributed by atoms with Gasteiger partial charge >= 0.3 is 12.0 Å². The van der Waals surface area contributed by atoms with Gasteiger partial charge in [0.1, 0.15) is 0 Å². The maximum atomic E-state index is 13.6. The predicted molar refractivity (Wildman–Crippen MR) is 127 cm³/mol. The van der Waals surface area contributed by atoms with E-state index in [-0.39, 0.29) is 23.7 Å². The van der Waals surface area contributed by atoms with E-state index in [1.54, 1.807) is 18.7 Å². The minimum atomic E-state index is -1.02. The number of β-amino-alcohol motifs (C(OH)–C–C–N with tert-alkyl or cyclic N) is 1. The number of carbonyl (C=O) groups is 2. The maximum absolute atomic E-state index is 13.6. The number of urea groups is 1. The van der Waals surface area contributed by atoms with Crippen LogP contribution in [0.5, 0.6) is 0 Å². The lowest BCUT2D eigenvalue weighted by atomic mass is 9.67. The molecule has 3 fully saturated rings. The van der Waals surface area contributed by atoms with Crippen LogP contribution in [0.1, 0.15) is 64.4 Å². The number of aliphatic carboxylic acids is 1. The average molecular weight is 458 g/mol. The summed E-state index contributed by atoms with van der Waals surface area (Å²) in [7, 11) is 4.25. The Morgan fingerprint density at radius 1 is 1.06 bits per heavy atom. The lowest BCUT2D eigenvalue weighted by Gasteiger charge is -2.52. The van der Waals surface area contributed by atoms with Gasteiger partial charge < -0.3 is 20.0 Å². The second kappa shape index (κ2) is 8.27. The maximum Gasteiger partial charge on any atom is 0.320 e. The van der Waals surface area contributed by atoms with Gasteiger partial charge in [0.05, 0.1) is 23.1 Å². The Morgan fingerprint density at radius 3 is 2.15 bits per heavy atom. The summed E-state index contributed by atoms with van der Waals surface area (Å²) in [6.45, 7) is 4.39. The van der Waals surface area contributed by atoms with E-state index in [1.807, 2.05) is 11.0 Å². The zero-order chi connectivity index (χ0) is 24.1. The number of carbonyl (C=O) groups excluding carboxylic acids is 1. The Balaban J connectivity index is 1.62. The summed E-state index contributed by atoms with van der Waals surface area (Å²) in [4.78, 5) is 31.3. The zero-order valence-electron chi connectivity index (χ0n) is 20.5. The molecule has 0 bridgehead atoms. The van der Waals surface area contributed by atoms with Gasteiger partial charge in [-0.15, -0.1) is 0 Å². The molecule has 7 heteroatoms. The Morgan fingerprint density at radius 2 is 1.67 bits per heavy atom. The second-order valence-electron chi connectivity index (χ2n) is 11.5. The van der Waals surface area contributed by atoms with Gasteiger partial charge in [-0.3, -0.25) is 9.69 Å². The number of carboxylic acid groups (broad SMARTS) is 1. The van der Waals surface area contributed by atoms with Crippen LogP contribution in [0.15, 0.2) is 30.3 Å². The molecule has 1 spiro atoms. The van der Waals surface area contributed by atoms with Gasteiger partial charge in [-0.25, -0.2) is 4.79 Å². The first-order valence-corrected chi connectivity index (χ1v) is 12.2. The third-order valence-corrected chi connectivity index (χ3v) is 8.64. The molecule has 2 amide bonds. The number of aliphatic hydroxyl groups is 1. The summed E-state index contributed by atoms with van der Waals surface area (Å²) >= 11 is 0. The highest BCUT2D eigenvalue weighted by atomic mass is 16.4. The molecule has 3 aliphatic rings. The van der Waals surface area contributed by atoms with Crippen LogP contribution < -0.4 is 0 Å². The SMILES string of the molecule is CN(C)C1(c2ccccc2)CCC2(CC1)CN(CC(C)(C)C(=O)O)C(=O)N2CC1(O)CCC1. The Hall–Kier alpha value is -2.12. The molecule has 0 atom stereocenters. The van der Waals surface area contributed by atoms with Crippen LogP contribution in [0.3, 0.4) is 0 Å². The van der Waals surface area contributed by atoms with E-state index >= 15 is 0 Å². The fraction of sp³-hybridized carbons (Fsp3) is 0.692. The number of rotatable bonds is 7. The molecule has 2 aliphatic carbocycles. The summed E-state index contributed by atoms with van der Waals surface area (Å²) in [5.41, 5.74) is -1.00. The van der Waals surface area contributed by atoms with Gasteiger partial charge in [-0.05, 0) is 78.5 Å². The van der Waals surface area contributed by atoms with Crippen molar-refractivity contribution in [3.63, 3.8) is 0 Å². The van der Waals surface area contributed by atoms with E-state index in [1.165, 1.54) is 5.56 Å². The average Bonchev–Trinajstić information content (AvgIpc) is 2.98. The van der Waals surface area contributed by atoms with Crippen molar-refractivity contribution in [1.82, 2.24) is 14.7 Å². The number of amides is 2. The van der Waals surface area contributed by atoms with Gasteiger partial charge in [-0.2, -0.15) is 0 Å². The molecule has 1 aromatic rings. The van der Waals surface area contributed by atoms with Crippen molar-refractivity contribution >= 4 is 12.0 Å². The molecule has 7 nitrogen and oxygen atoms in total. The van der Waals surface area contributed by atoms with E-state index in [0.29, 0.717) is 13.1 Å². The van der Waals surface area contributed by atoms with Crippen LogP contribution in [0.25, 0.3) is 0 Å². The van der Waals surface area contributed by atoms with E-state index in [4.69, 9.17) is 0 Å². The summed E-state index contributed by atoms with van der Waals surface area (Å²) in [5, 5.41) is 20.6. The van der Waals surface area contributed by atoms with Crippen molar-refractivity contribution in [3.8, 4) is 0 Å². The van der Waals surface area contributed by atoms with Gasteiger partial charge in [-0.1, -0.05) is 30.3 Å². The first-order valence-electron chi connectivity index (χ1n) is 12.2. The van der Waals surface area contributed by atoms with E-state index in [9.17, 15) is 19.8 Å². The molecule has 182 valence electrons. The molecule has 1 saturated heterocycles. The first kappa shape index (κ1) is 24.0. The highest BCUT2D eigenvalue weighted by Gasteiger charge is 2.57. The Labute approximate surface area is 197 Å². The molecule has 0 unspecified atom stereocenters. The largest absolute Gasteiger partial charge is 0.481 e. The predicted octanol–water partition coefficient (Wildman–Crippen LogP) is 3.52. The number of carboxylic acids is 1. The molecule has 1 aromatic carbocycles. The van der Waals surface area contributed by atoms with E-state index in [2.05, 4.69) is 43.3 Å². The molecule has 2 N–H and O–H groups in total. The summed E-state index contributed by atoms with van der Waals surface area (Å²) < 4.78 is 0. The van der Waals surface area contributed by atoms with E-state index < -0.39 is 17.0 Å². The third-order valence-electron chi connectivity index (χ3n) is 8.64. The first-order chi connectivity index (χ1) is 15.4. The highest BCUT2D eigenvalue weighted by Crippen LogP contribution is 2.50. The minimum absolute atomic E-state index is 0.0949. The normalized spacial score (nSPS) is 29.6. The van der Waals surface area contributed by atoms with Crippen molar-refractivity contribution in [1.29, 1.82) is 0 Å². The van der Waals surface area contributed by atoms with Crippen LogP contribution in [-0.4, -0.2) is 81.8 Å². The van der Waals surface area contributed by atoms with Crippen LogP contribution in [0.2, 0.25) is 0 Å². The quantitative estimate of drug-likeness (QED) is 0.655. The molecule has 4 rings (SSSR count). The van der Waals surface area contributed by atoms with Crippen LogP contribution in [-0.2, 0) is 10.3 Å². The number of nitrogens with zero attached hydrogens (tertiary/aromatic N) is 3. The summed E-state index contributed by atoms with van der Waals surface area (Å²) in [6.07, 6.45) is 5.89. The molecular weight excluding hydrogens is 418 g/mol. The topological polar surface area (TPSA) is 84.3 Å². The van der Waals surface area contributed by atoms with Gasteiger partial charge in [0.15, 0.2) is 0 Å². The van der Waals surface area contributed by atoms with Crippen LogP contribution >= 0.6 is 0 Å². The number of hydrogen-bond acceptors (Lipinski definition) is 4. The molecular formula is C26H39N3O4. The number of hydrogen-bond donors (Lipinski definition) is 2. The monoisotopic (exact) mass is 457 g/mol. The van der Waals surface area contributed by atoms with Crippen molar-refractivity contribution in [2.24, 2.45) is 5.41 Å². The Kier molecular flexibility index (Phi) is 6.02. The van der Waals surface area contributed by atoms with Gasteiger partial charge in [0, 0.05) is 18.6 Å². The molecule has 1 heterocycles. The fourth-order valence-electron chi connectivity index (χ4n) is 6.12. The number of benzene rings is 1. The molecule has 0 aromatic heterocycles. The molecule has 33 heavy (non-hydrogen) atoms. The standard InChI is InChI=1S/C26H39N3O4/c1-23(2,21(30)31)17-28-18-24(29(22(28)32)19-25(33)11-8-12-25)13-15-26(16-14-24,27(3)4)20-9-6-5-7-10-20/h5-7,9-10,33H,8,11-19H2,1-4H3,(H,30,31). The van der Waals surface area contributed by atoms with Crippen molar-refractivity contribution in [2.75, 3.05) is 33.7 Å². The van der Waals surface area contributed by atoms with Crippen molar-refractivity contribution < 1.29 is 19.8 Å². The molecule has 2 saturated carbocycles. The van der Waals surface area contributed by atoms with Crippen molar-refractivity contribution in [3.05, 3.63) is 35.9 Å². The van der Waals surface area contributed by atoms with Gasteiger partial charge in [0.2, 0.25) is 0 Å². The lowest BCUT2D eigenvalue weighted by Crippen LogP contribution is -2.59. The Bertz CT molecular complexity index is 886. The molecule has 1 aliphatic heterocycles. The van der Waals surface area contributed by atoms with Gasteiger partial charge in [0.25, 0.3) is 0 Å². The van der Waals surface area contributed by atoms with Crippen LogP contribution in [0, 0.1) is 5.41 Å². The minimum Gasteiger partial charge on any atom is -0.481 e. The molecule has 0 radical (unpaired) electrons. The van der Waals surface area contributed by atoms with E-state index in [0.717, 1.165) is 44.9 Å². The highest BCUT2D eigenvalue weighted by molar-refractivity contribution is 5.80. The zero-order valence-corrected chi connectivity index (χ0v) is 20.5. The fourth-order valence-corrected chi connectivity index (χ4v) is 6.12. The second-order valence-corrected chi connectivity index (χ2v) is 11.5. The lowest BCUT2D eigenvalue weighted by molar-refractivity contribution is -0.147. The smallest absolute Gasteiger partial charge is 0.320 e. The summed E-state index contributed by atoms with van der Waals surface area (Å²) in [5.74, 6) is -0.903. The third kappa shape index (κ3) is 4.14. The van der Waals surface area contributed by atoms with Crippen LogP contribution in [0.4, 0.5) is 4.79 Å².